The number of hydrogen-bond donors (Lipinski definition) is 0. The number of halogens is 1. The Bertz CT molecular complexity index is 132. The van der Waals surface area contributed by atoms with Crippen LogP contribution in [0.15, 0.2) is 0 Å². The van der Waals surface area contributed by atoms with Crippen molar-refractivity contribution in [2.75, 3.05) is 0 Å². The third kappa shape index (κ3) is 4.25. The number of esters is 1. The molecule has 11 heavy (non-hydrogen) atoms. The molecule has 0 aromatic rings. The maximum Gasteiger partial charge on any atom is 0.324 e. The molecule has 0 bridgehead atoms. The number of ether oxygens (including phenoxy) is 1. The van der Waals surface area contributed by atoms with Crippen molar-refractivity contribution >= 4 is 17.6 Å². The van der Waals surface area contributed by atoms with Crippen LogP contribution in [0.1, 0.15) is 27.7 Å². The molecule has 0 aliphatic carbocycles. The fourth-order valence-electron chi connectivity index (χ4n) is 0.569. The first kappa shape index (κ1) is 10.8. The summed E-state index contributed by atoms with van der Waals surface area (Å²) in [7, 11) is 0. The summed E-state index contributed by atoms with van der Waals surface area (Å²) in [5.74, 6) is -0.195. The van der Waals surface area contributed by atoms with Gasteiger partial charge >= 0.3 is 5.97 Å². The van der Waals surface area contributed by atoms with Crippen LogP contribution in [0.4, 0.5) is 0 Å². The van der Waals surface area contributed by atoms with E-state index < -0.39 is 5.38 Å². The van der Waals surface area contributed by atoms with Crippen LogP contribution in [0.2, 0.25) is 0 Å². The molecule has 0 saturated heterocycles. The average molecular weight is 179 g/mol. The Morgan fingerprint density at radius 1 is 1.27 bits per heavy atom. The molecule has 0 fully saturated rings. The Labute approximate surface area is 72.9 Å². The highest BCUT2D eigenvalue weighted by Gasteiger charge is 2.21. The summed E-state index contributed by atoms with van der Waals surface area (Å²) in [6.45, 7) is 7.39. The van der Waals surface area contributed by atoms with Crippen LogP contribution in [-0.4, -0.2) is 17.5 Å². The smallest absolute Gasteiger partial charge is 0.324 e. The number of rotatable bonds is 3. The van der Waals surface area contributed by atoms with Gasteiger partial charge in [-0.05, 0) is 19.8 Å². The van der Waals surface area contributed by atoms with Gasteiger partial charge in [0.05, 0.1) is 6.10 Å². The van der Waals surface area contributed by atoms with E-state index in [9.17, 15) is 4.79 Å². The molecule has 3 heteroatoms. The fraction of sp³-hybridized carbons (Fsp3) is 0.875. The van der Waals surface area contributed by atoms with Gasteiger partial charge in [0.25, 0.3) is 0 Å². The second-order valence-corrected chi connectivity index (χ2v) is 3.60. The zero-order valence-electron chi connectivity index (χ0n) is 7.43. The molecule has 0 saturated carbocycles. The zero-order valence-corrected chi connectivity index (χ0v) is 8.18. The maximum atomic E-state index is 11.0. The van der Waals surface area contributed by atoms with Crippen LogP contribution < -0.4 is 0 Å². The number of alkyl halides is 1. The van der Waals surface area contributed by atoms with E-state index in [1.807, 2.05) is 27.7 Å². The van der Waals surface area contributed by atoms with E-state index in [0.717, 1.165) is 0 Å². The molecule has 1 atom stereocenters. The molecule has 0 N–H and O–H groups in total. The van der Waals surface area contributed by atoms with Crippen LogP contribution in [0.3, 0.4) is 0 Å². The second kappa shape index (κ2) is 4.60. The predicted molar refractivity (Wildman–Crippen MR) is 45.7 cm³/mol. The van der Waals surface area contributed by atoms with Crippen LogP contribution >= 0.6 is 11.6 Å². The molecule has 0 spiro atoms. The maximum absolute atomic E-state index is 11.0. The van der Waals surface area contributed by atoms with Crippen LogP contribution in [0.25, 0.3) is 0 Å². The molecule has 0 aromatic heterocycles. The van der Waals surface area contributed by atoms with E-state index in [2.05, 4.69) is 0 Å². The summed E-state index contributed by atoms with van der Waals surface area (Å²) in [5.41, 5.74) is 0. The topological polar surface area (TPSA) is 26.3 Å². The summed E-state index contributed by atoms with van der Waals surface area (Å²) in [4.78, 5) is 11.0. The highest BCUT2D eigenvalue weighted by atomic mass is 35.5. The van der Waals surface area contributed by atoms with E-state index in [4.69, 9.17) is 16.3 Å². The Hall–Kier alpha value is -0.240. The molecule has 66 valence electrons. The SMILES string of the molecule is CC(C)OC(=O)C(Cl)C(C)C. The number of carbonyl (C=O) groups excluding carboxylic acids is 1. The third-order valence-electron chi connectivity index (χ3n) is 1.16. The minimum atomic E-state index is -0.516. The van der Waals surface area contributed by atoms with Gasteiger partial charge in [0.1, 0.15) is 5.38 Å². The number of carbonyl (C=O) groups is 1. The van der Waals surface area contributed by atoms with Gasteiger partial charge in [-0.2, -0.15) is 0 Å². The van der Waals surface area contributed by atoms with Gasteiger partial charge < -0.3 is 4.74 Å². The summed E-state index contributed by atoms with van der Waals surface area (Å²) in [6.07, 6.45) is -0.0810. The minimum absolute atomic E-state index is 0.0810. The van der Waals surface area contributed by atoms with Crippen molar-refractivity contribution in [1.29, 1.82) is 0 Å². The first-order valence-electron chi connectivity index (χ1n) is 3.79. The molecule has 1 unspecified atom stereocenters. The first-order chi connectivity index (χ1) is 4.95. The van der Waals surface area contributed by atoms with Crippen molar-refractivity contribution in [3.8, 4) is 0 Å². The minimum Gasteiger partial charge on any atom is -0.462 e. The van der Waals surface area contributed by atoms with Crippen molar-refractivity contribution in [1.82, 2.24) is 0 Å². The van der Waals surface area contributed by atoms with Crippen LogP contribution in [0, 0.1) is 5.92 Å². The Balaban J connectivity index is 3.83. The van der Waals surface area contributed by atoms with Crippen molar-refractivity contribution in [3.63, 3.8) is 0 Å². The monoisotopic (exact) mass is 178 g/mol. The second-order valence-electron chi connectivity index (χ2n) is 3.13. The molecule has 0 amide bonds. The predicted octanol–water partition coefficient (Wildman–Crippen LogP) is 2.20. The molecule has 0 heterocycles. The van der Waals surface area contributed by atoms with Gasteiger partial charge in [-0.3, -0.25) is 4.79 Å². The standard InChI is InChI=1S/C8H15ClO2/c1-5(2)7(9)8(10)11-6(3)4/h5-7H,1-4H3. The van der Waals surface area contributed by atoms with Gasteiger partial charge in [0.15, 0.2) is 0 Å². The van der Waals surface area contributed by atoms with E-state index in [1.54, 1.807) is 0 Å². The normalized spacial score (nSPS) is 13.7. The fourth-order valence-corrected chi connectivity index (χ4v) is 0.621. The number of hydrogen-bond acceptors (Lipinski definition) is 2. The third-order valence-corrected chi connectivity index (χ3v) is 1.84. The van der Waals surface area contributed by atoms with Crippen molar-refractivity contribution in [2.45, 2.75) is 39.2 Å². The average Bonchev–Trinajstić information content (AvgIpc) is 1.84. The molecular weight excluding hydrogens is 164 g/mol. The van der Waals surface area contributed by atoms with Gasteiger partial charge in [0.2, 0.25) is 0 Å². The molecule has 2 nitrogen and oxygen atoms in total. The zero-order chi connectivity index (χ0) is 9.02. The van der Waals surface area contributed by atoms with Crippen molar-refractivity contribution in [2.24, 2.45) is 5.92 Å². The Morgan fingerprint density at radius 2 is 1.73 bits per heavy atom. The Morgan fingerprint density at radius 3 is 2.00 bits per heavy atom. The molecule has 0 rings (SSSR count). The lowest BCUT2D eigenvalue weighted by atomic mass is 10.1. The molecule has 0 aromatic carbocycles. The Kier molecular flexibility index (Phi) is 4.50. The highest BCUT2D eigenvalue weighted by molar-refractivity contribution is 6.30. The first-order valence-corrected chi connectivity index (χ1v) is 4.23. The van der Waals surface area contributed by atoms with E-state index in [-0.39, 0.29) is 18.0 Å². The van der Waals surface area contributed by atoms with Crippen molar-refractivity contribution in [3.05, 3.63) is 0 Å². The van der Waals surface area contributed by atoms with Crippen molar-refractivity contribution < 1.29 is 9.53 Å². The molecular formula is C8H15ClO2. The largest absolute Gasteiger partial charge is 0.462 e. The summed E-state index contributed by atoms with van der Waals surface area (Å²) < 4.78 is 4.90. The highest BCUT2D eigenvalue weighted by Crippen LogP contribution is 2.11. The molecule has 0 aliphatic heterocycles. The van der Waals surface area contributed by atoms with Crippen LogP contribution in [0.5, 0.6) is 0 Å². The summed E-state index contributed by atoms with van der Waals surface area (Å²) >= 11 is 5.74. The lowest BCUT2D eigenvalue weighted by Crippen LogP contribution is -2.25. The van der Waals surface area contributed by atoms with E-state index >= 15 is 0 Å². The van der Waals surface area contributed by atoms with Gasteiger partial charge in [0, 0.05) is 0 Å². The van der Waals surface area contributed by atoms with E-state index in [1.165, 1.54) is 0 Å². The lowest BCUT2D eigenvalue weighted by molar-refractivity contribution is -0.147. The molecule has 0 aliphatic rings. The summed E-state index contributed by atoms with van der Waals surface area (Å²) in [5, 5.41) is -0.516. The lowest BCUT2D eigenvalue weighted by Gasteiger charge is -2.14. The molecule has 0 radical (unpaired) electrons. The quantitative estimate of drug-likeness (QED) is 0.489. The van der Waals surface area contributed by atoms with Crippen LogP contribution in [-0.2, 0) is 9.53 Å². The van der Waals surface area contributed by atoms with Gasteiger partial charge in [-0.15, -0.1) is 11.6 Å². The van der Waals surface area contributed by atoms with Gasteiger partial charge in [-0.25, -0.2) is 0 Å². The van der Waals surface area contributed by atoms with E-state index in [0.29, 0.717) is 0 Å². The summed E-state index contributed by atoms with van der Waals surface area (Å²) in [6, 6.07) is 0. The van der Waals surface area contributed by atoms with Gasteiger partial charge in [-0.1, -0.05) is 13.8 Å².